The van der Waals surface area contributed by atoms with Crippen LogP contribution in [0.3, 0.4) is 0 Å². The zero-order valence-corrected chi connectivity index (χ0v) is 15.1. The molecule has 0 aromatic heterocycles. The summed E-state index contributed by atoms with van der Waals surface area (Å²) in [5.41, 5.74) is 1.98. The molecule has 0 saturated carbocycles. The number of rotatable bonds is 6. The molecular formula is C19H22N2O3S. The minimum Gasteiger partial charge on any atom is -0.268 e. The summed E-state index contributed by atoms with van der Waals surface area (Å²) in [5, 5.41) is 0. The summed E-state index contributed by atoms with van der Waals surface area (Å²) < 4.78 is 28.5. The first-order valence-electron chi connectivity index (χ1n) is 8.53. The van der Waals surface area contributed by atoms with Gasteiger partial charge in [-0.05, 0) is 30.5 Å². The lowest BCUT2D eigenvalue weighted by Gasteiger charge is -2.37. The van der Waals surface area contributed by atoms with Crippen molar-refractivity contribution < 1.29 is 13.2 Å². The van der Waals surface area contributed by atoms with Crippen molar-refractivity contribution in [2.24, 2.45) is 0 Å². The number of para-hydroxylation sites is 1. The van der Waals surface area contributed by atoms with E-state index in [4.69, 9.17) is 0 Å². The van der Waals surface area contributed by atoms with Crippen LogP contribution in [-0.4, -0.2) is 31.7 Å². The Balaban J connectivity index is 1.96. The molecule has 0 spiro atoms. The van der Waals surface area contributed by atoms with Gasteiger partial charge in [0.15, 0.2) is 0 Å². The van der Waals surface area contributed by atoms with Crippen LogP contribution in [0.2, 0.25) is 0 Å². The summed E-state index contributed by atoms with van der Waals surface area (Å²) in [7, 11) is -3.85. The molecule has 0 unspecified atom stereocenters. The van der Waals surface area contributed by atoms with E-state index in [1.807, 2.05) is 37.3 Å². The van der Waals surface area contributed by atoms with Gasteiger partial charge in [0, 0.05) is 13.1 Å². The fourth-order valence-corrected chi connectivity index (χ4v) is 4.62. The average Bonchev–Trinajstić information content (AvgIpc) is 2.62. The number of benzene rings is 2. The standard InChI is InChI=1S/C19H22N2O3S/c1-2-3-14-21-19(22)17-11-7-8-12-18(17)20(25(21,23)24)15-13-16-9-5-4-6-10-16/h4-12H,2-3,13-15H2,1H3. The van der Waals surface area contributed by atoms with Gasteiger partial charge in [0.05, 0.1) is 11.3 Å². The maximum absolute atomic E-state index is 13.0. The number of unbranched alkanes of at least 4 members (excludes halogenated alkanes) is 1. The smallest absolute Gasteiger partial charge is 0.268 e. The Kier molecular flexibility index (Phi) is 5.08. The molecule has 0 saturated heterocycles. The highest BCUT2D eigenvalue weighted by atomic mass is 32.2. The third-order valence-corrected chi connectivity index (χ3v) is 6.19. The van der Waals surface area contributed by atoms with Crippen LogP contribution >= 0.6 is 0 Å². The van der Waals surface area contributed by atoms with Crippen LogP contribution in [0.1, 0.15) is 35.7 Å². The molecule has 25 heavy (non-hydrogen) atoms. The van der Waals surface area contributed by atoms with Gasteiger partial charge in [0.25, 0.3) is 5.91 Å². The molecule has 0 atom stereocenters. The molecule has 1 amide bonds. The summed E-state index contributed by atoms with van der Waals surface area (Å²) in [4.78, 5) is 12.7. The Morgan fingerprint density at radius 2 is 1.56 bits per heavy atom. The molecule has 132 valence electrons. The van der Waals surface area contributed by atoms with Crippen LogP contribution in [0.25, 0.3) is 0 Å². The largest absolute Gasteiger partial charge is 0.328 e. The van der Waals surface area contributed by atoms with Crippen molar-refractivity contribution >= 4 is 21.8 Å². The number of carbonyl (C=O) groups is 1. The molecule has 2 aromatic rings. The summed E-state index contributed by atoms with van der Waals surface area (Å²) in [6.07, 6.45) is 2.06. The zero-order valence-electron chi connectivity index (χ0n) is 14.3. The lowest BCUT2D eigenvalue weighted by atomic mass is 10.1. The van der Waals surface area contributed by atoms with E-state index in [9.17, 15) is 13.2 Å². The number of fused-ring (bicyclic) bond motifs is 1. The number of hydrogen-bond acceptors (Lipinski definition) is 3. The lowest BCUT2D eigenvalue weighted by molar-refractivity contribution is 0.0856. The summed E-state index contributed by atoms with van der Waals surface area (Å²) in [5.74, 6) is -0.431. The quantitative estimate of drug-likeness (QED) is 0.796. The first kappa shape index (κ1) is 17.5. The van der Waals surface area contributed by atoms with Gasteiger partial charge in [-0.1, -0.05) is 55.8 Å². The molecule has 0 radical (unpaired) electrons. The van der Waals surface area contributed by atoms with E-state index in [1.54, 1.807) is 24.3 Å². The van der Waals surface area contributed by atoms with Crippen molar-refractivity contribution in [3.63, 3.8) is 0 Å². The molecule has 1 aliphatic heterocycles. The molecule has 1 aliphatic rings. The van der Waals surface area contributed by atoms with E-state index in [-0.39, 0.29) is 6.54 Å². The topological polar surface area (TPSA) is 57.7 Å². The van der Waals surface area contributed by atoms with Gasteiger partial charge in [-0.2, -0.15) is 8.42 Å². The minimum absolute atomic E-state index is 0.216. The molecule has 0 fully saturated rings. The third kappa shape index (κ3) is 3.39. The van der Waals surface area contributed by atoms with E-state index in [0.29, 0.717) is 30.6 Å². The van der Waals surface area contributed by atoms with Gasteiger partial charge in [0.1, 0.15) is 0 Å². The van der Waals surface area contributed by atoms with E-state index in [2.05, 4.69) is 0 Å². The molecule has 0 N–H and O–H groups in total. The van der Waals surface area contributed by atoms with Gasteiger partial charge in [-0.15, -0.1) is 0 Å². The van der Waals surface area contributed by atoms with Gasteiger partial charge in [-0.3, -0.25) is 9.10 Å². The Hall–Kier alpha value is -2.34. The Morgan fingerprint density at radius 1 is 0.880 bits per heavy atom. The monoisotopic (exact) mass is 358 g/mol. The molecule has 2 aromatic carbocycles. The molecule has 0 bridgehead atoms. The van der Waals surface area contributed by atoms with Crippen LogP contribution in [0.5, 0.6) is 0 Å². The van der Waals surface area contributed by atoms with Crippen molar-refractivity contribution in [1.82, 2.24) is 4.31 Å². The number of amides is 1. The van der Waals surface area contributed by atoms with Crippen LogP contribution in [0, 0.1) is 0 Å². The normalized spacial score (nSPS) is 16.0. The number of hydrogen-bond donors (Lipinski definition) is 0. The zero-order chi connectivity index (χ0) is 17.9. The molecule has 5 nitrogen and oxygen atoms in total. The van der Waals surface area contributed by atoms with Crippen LogP contribution in [0.4, 0.5) is 5.69 Å². The summed E-state index contributed by atoms with van der Waals surface area (Å²) >= 11 is 0. The van der Waals surface area contributed by atoms with Gasteiger partial charge in [-0.25, -0.2) is 4.31 Å². The lowest BCUT2D eigenvalue weighted by Crippen LogP contribution is -2.52. The van der Waals surface area contributed by atoms with Crippen LogP contribution < -0.4 is 4.31 Å². The van der Waals surface area contributed by atoms with Crippen molar-refractivity contribution in [3.05, 3.63) is 65.7 Å². The molecule has 1 heterocycles. The second-order valence-electron chi connectivity index (χ2n) is 6.06. The SMILES string of the molecule is CCCCN1C(=O)c2ccccc2N(CCc2ccccc2)S1(=O)=O. The minimum atomic E-state index is -3.85. The van der Waals surface area contributed by atoms with Crippen molar-refractivity contribution in [1.29, 1.82) is 0 Å². The van der Waals surface area contributed by atoms with E-state index in [0.717, 1.165) is 16.3 Å². The van der Waals surface area contributed by atoms with E-state index < -0.39 is 16.1 Å². The van der Waals surface area contributed by atoms with Crippen molar-refractivity contribution in [2.75, 3.05) is 17.4 Å². The van der Waals surface area contributed by atoms with Gasteiger partial charge >= 0.3 is 10.2 Å². The highest BCUT2D eigenvalue weighted by molar-refractivity contribution is 7.91. The van der Waals surface area contributed by atoms with E-state index in [1.165, 1.54) is 4.31 Å². The van der Waals surface area contributed by atoms with E-state index >= 15 is 0 Å². The fraction of sp³-hybridized carbons (Fsp3) is 0.316. The van der Waals surface area contributed by atoms with Crippen LogP contribution in [-0.2, 0) is 16.6 Å². The second kappa shape index (κ2) is 7.27. The predicted molar refractivity (Wildman–Crippen MR) is 98.8 cm³/mol. The third-order valence-electron chi connectivity index (χ3n) is 4.35. The van der Waals surface area contributed by atoms with Gasteiger partial charge in [0.2, 0.25) is 0 Å². The highest BCUT2D eigenvalue weighted by Gasteiger charge is 2.40. The molecule has 3 rings (SSSR count). The summed E-state index contributed by atoms with van der Waals surface area (Å²) in [6.45, 7) is 2.50. The van der Waals surface area contributed by atoms with Gasteiger partial charge < -0.3 is 0 Å². The number of nitrogens with zero attached hydrogens (tertiary/aromatic N) is 2. The molecular weight excluding hydrogens is 336 g/mol. The van der Waals surface area contributed by atoms with Crippen molar-refractivity contribution in [3.8, 4) is 0 Å². The predicted octanol–water partition coefficient (Wildman–Crippen LogP) is 3.24. The first-order chi connectivity index (χ1) is 12.1. The first-order valence-corrected chi connectivity index (χ1v) is 9.93. The Morgan fingerprint density at radius 3 is 2.28 bits per heavy atom. The van der Waals surface area contributed by atoms with Crippen molar-refractivity contribution in [2.45, 2.75) is 26.2 Å². The Bertz CT molecular complexity index is 850. The summed E-state index contributed by atoms with van der Waals surface area (Å²) in [6, 6.07) is 16.7. The molecule has 0 aliphatic carbocycles. The fourth-order valence-electron chi connectivity index (χ4n) is 2.98. The number of carbonyl (C=O) groups excluding carboxylic acids is 1. The maximum atomic E-state index is 13.0. The highest BCUT2D eigenvalue weighted by Crippen LogP contribution is 2.32. The number of anilines is 1. The average molecular weight is 358 g/mol. The maximum Gasteiger partial charge on any atom is 0.328 e. The Labute approximate surface area is 149 Å². The second-order valence-corrected chi connectivity index (χ2v) is 7.84. The van der Waals surface area contributed by atoms with Crippen LogP contribution in [0.15, 0.2) is 54.6 Å². The molecule has 6 heteroatoms.